The molecule has 0 saturated carbocycles. The number of carbonyl (C=O) groups excluding carboxylic acids is 1. The van der Waals surface area contributed by atoms with Crippen molar-refractivity contribution in [2.75, 3.05) is 42.1 Å². The van der Waals surface area contributed by atoms with E-state index in [-0.39, 0.29) is 34.6 Å². The largest absolute Gasteiger partial charge is 0.379 e. The number of nitrogens with one attached hydrogen (secondary N) is 2. The van der Waals surface area contributed by atoms with Gasteiger partial charge in [-0.2, -0.15) is 0 Å². The van der Waals surface area contributed by atoms with Gasteiger partial charge in [0.15, 0.2) is 0 Å². The number of halogens is 2. The summed E-state index contributed by atoms with van der Waals surface area (Å²) in [7, 11) is -4.40. The Hall–Kier alpha value is -4.66. The van der Waals surface area contributed by atoms with Crippen LogP contribution in [0.4, 0.5) is 17.1 Å². The molecule has 0 spiro atoms. The van der Waals surface area contributed by atoms with E-state index in [0.717, 1.165) is 78.1 Å². The van der Waals surface area contributed by atoms with Crippen LogP contribution in [0.25, 0.3) is 11.1 Å². The normalized spacial score (nSPS) is 15.4. The molecule has 7 rings (SSSR count). The van der Waals surface area contributed by atoms with E-state index >= 15 is 0 Å². The number of piperazine rings is 1. The minimum Gasteiger partial charge on any atom is -0.379 e. The Kier molecular flexibility index (Phi) is 12.4. The zero-order valence-electron chi connectivity index (χ0n) is 29.1. The Morgan fingerprint density at radius 3 is 2.56 bits per heavy atom. The Bertz CT molecular complexity index is 2250. The SMILES string of the molecule is Cl.O=C(NS(=O)(=O)c1ccc(NCCSc2ccccc2)c([N+](=O)[O-])c1)c1ccc2c(c1)CC[C@@H]1CN(Cc3ncccc3-c3ccc(Cl)cc3)CCN21. The molecule has 11 nitrogen and oxygen atoms in total. The molecule has 1 amide bonds. The van der Waals surface area contributed by atoms with E-state index in [9.17, 15) is 23.3 Å². The lowest BCUT2D eigenvalue weighted by atomic mass is 9.92. The molecule has 2 aliphatic rings. The number of pyridine rings is 1. The van der Waals surface area contributed by atoms with Crippen molar-refractivity contribution in [2.24, 2.45) is 0 Å². The standard InChI is InChI=1S/C39H37ClN6O5S2.ClH/c40-30-12-8-27(9-13-30)34-7-4-18-41-36(34)26-44-20-21-45-31(25-44)14-10-28-23-29(11-17-37(28)45)39(47)43-53(50,51)33-15-16-35(38(24-33)46(48)49)42-19-22-52-32-5-2-1-3-6-32;/h1-9,11-13,15-18,23-24,31,42H,10,14,19-22,25-26H2,(H,43,47);1H/t31-;/m1./s1. The number of carbonyl (C=O) groups is 1. The number of nitro groups is 1. The molecular weight excluding hydrogens is 768 g/mol. The van der Waals surface area contributed by atoms with Crippen LogP contribution >= 0.6 is 35.8 Å². The van der Waals surface area contributed by atoms with Gasteiger partial charge in [-0.3, -0.25) is 24.8 Å². The van der Waals surface area contributed by atoms with Crippen LogP contribution in [-0.2, 0) is 23.0 Å². The van der Waals surface area contributed by atoms with Gasteiger partial charge < -0.3 is 10.2 Å². The van der Waals surface area contributed by atoms with Crippen molar-refractivity contribution in [3.05, 3.63) is 141 Å². The monoisotopic (exact) mass is 804 g/mol. The van der Waals surface area contributed by atoms with Crippen molar-refractivity contribution in [3.63, 3.8) is 0 Å². The fraction of sp³-hybridized carbons (Fsp3) is 0.231. The molecule has 3 heterocycles. The number of nitrogens with zero attached hydrogens (tertiary/aromatic N) is 4. The van der Waals surface area contributed by atoms with Gasteiger partial charge in [-0.25, -0.2) is 13.1 Å². The molecule has 0 aliphatic carbocycles. The van der Waals surface area contributed by atoms with Crippen LogP contribution in [0.5, 0.6) is 0 Å². The van der Waals surface area contributed by atoms with E-state index in [1.165, 1.54) is 12.1 Å². The Morgan fingerprint density at radius 2 is 1.78 bits per heavy atom. The zero-order valence-corrected chi connectivity index (χ0v) is 32.3. The fourth-order valence-corrected chi connectivity index (χ4v) is 8.82. The lowest BCUT2D eigenvalue weighted by Gasteiger charge is -2.46. The van der Waals surface area contributed by atoms with E-state index in [4.69, 9.17) is 16.6 Å². The van der Waals surface area contributed by atoms with Gasteiger partial charge in [-0.15, -0.1) is 24.2 Å². The van der Waals surface area contributed by atoms with Crippen molar-refractivity contribution in [3.8, 4) is 11.1 Å². The molecule has 0 unspecified atom stereocenters. The predicted molar refractivity (Wildman–Crippen MR) is 217 cm³/mol. The molecule has 54 heavy (non-hydrogen) atoms. The van der Waals surface area contributed by atoms with Gasteiger partial charge in [-0.05, 0) is 84.6 Å². The summed E-state index contributed by atoms with van der Waals surface area (Å²) in [6.45, 7) is 3.65. The quantitative estimate of drug-likeness (QED) is 0.0559. The van der Waals surface area contributed by atoms with Gasteiger partial charge in [-0.1, -0.05) is 48.0 Å². The summed E-state index contributed by atoms with van der Waals surface area (Å²) in [5, 5.41) is 15.6. The highest BCUT2D eigenvalue weighted by molar-refractivity contribution is 7.99. The molecule has 280 valence electrons. The summed E-state index contributed by atoms with van der Waals surface area (Å²) in [6.07, 6.45) is 3.45. The van der Waals surface area contributed by atoms with Crippen LogP contribution < -0.4 is 14.9 Å². The number of nitro benzene ring substituents is 1. The summed E-state index contributed by atoms with van der Waals surface area (Å²) in [6, 6.07) is 30.7. The molecule has 0 radical (unpaired) electrons. The number of aromatic nitrogens is 1. The number of hydrogen-bond donors (Lipinski definition) is 2. The number of thioether (sulfide) groups is 1. The third-order valence-electron chi connectivity index (χ3n) is 9.52. The number of amides is 1. The van der Waals surface area contributed by atoms with E-state index in [2.05, 4.69) is 25.9 Å². The highest BCUT2D eigenvalue weighted by Crippen LogP contribution is 2.35. The lowest BCUT2D eigenvalue weighted by Crippen LogP contribution is -2.54. The summed E-state index contributed by atoms with van der Waals surface area (Å²) in [5.41, 5.74) is 5.21. The third kappa shape index (κ3) is 8.99. The first kappa shape index (κ1) is 39.0. The van der Waals surface area contributed by atoms with Gasteiger partial charge in [0.05, 0.1) is 15.5 Å². The van der Waals surface area contributed by atoms with Gasteiger partial charge in [0, 0.05) is 83.5 Å². The molecule has 4 aromatic carbocycles. The number of benzene rings is 4. The maximum atomic E-state index is 13.3. The van der Waals surface area contributed by atoms with Crippen LogP contribution in [0.2, 0.25) is 5.02 Å². The minimum absolute atomic E-state index is 0. The molecule has 15 heteroatoms. The first-order valence-electron chi connectivity index (χ1n) is 17.2. The number of hydrogen-bond acceptors (Lipinski definition) is 10. The van der Waals surface area contributed by atoms with Crippen molar-refractivity contribution < 1.29 is 18.1 Å². The van der Waals surface area contributed by atoms with Gasteiger partial charge in [0.1, 0.15) is 5.69 Å². The van der Waals surface area contributed by atoms with Gasteiger partial charge >= 0.3 is 0 Å². The average molecular weight is 806 g/mol. The number of anilines is 2. The Morgan fingerprint density at radius 1 is 0.981 bits per heavy atom. The van der Waals surface area contributed by atoms with Crippen molar-refractivity contribution in [1.82, 2.24) is 14.6 Å². The van der Waals surface area contributed by atoms with Crippen LogP contribution in [0.15, 0.2) is 119 Å². The third-order valence-corrected chi connectivity index (χ3v) is 12.1. The number of rotatable bonds is 12. The molecule has 5 aromatic rings. The van der Waals surface area contributed by atoms with Crippen LogP contribution in [0, 0.1) is 10.1 Å². The number of aryl methyl sites for hydroxylation is 1. The Labute approximate surface area is 329 Å². The first-order chi connectivity index (χ1) is 25.6. The average Bonchev–Trinajstić information content (AvgIpc) is 3.17. The van der Waals surface area contributed by atoms with E-state index in [1.54, 1.807) is 23.9 Å². The highest BCUT2D eigenvalue weighted by Gasteiger charge is 2.33. The van der Waals surface area contributed by atoms with Crippen LogP contribution in [0.1, 0.15) is 28.0 Å². The molecule has 1 aromatic heterocycles. The molecule has 2 aliphatic heterocycles. The molecule has 1 atom stereocenters. The van der Waals surface area contributed by atoms with Crippen molar-refractivity contribution in [2.45, 2.75) is 35.2 Å². The van der Waals surface area contributed by atoms with E-state index < -0.39 is 26.5 Å². The maximum absolute atomic E-state index is 13.3. The predicted octanol–water partition coefficient (Wildman–Crippen LogP) is 7.69. The fourth-order valence-electron chi connectivity index (χ4n) is 6.92. The topological polar surface area (TPSA) is 138 Å². The second-order valence-electron chi connectivity index (χ2n) is 12.9. The van der Waals surface area contributed by atoms with Gasteiger partial charge in [0.25, 0.3) is 21.6 Å². The molecule has 1 saturated heterocycles. The summed E-state index contributed by atoms with van der Waals surface area (Å²) < 4.78 is 28.7. The smallest absolute Gasteiger partial charge is 0.293 e. The van der Waals surface area contributed by atoms with Gasteiger partial charge in [0.2, 0.25) is 0 Å². The molecule has 0 bridgehead atoms. The molecular formula is C39H38Cl2N6O5S2. The first-order valence-corrected chi connectivity index (χ1v) is 20.1. The lowest BCUT2D eigenvalue weighted by molar-refractivity contribution is -0.384. The van der Waals surface area contributed by atoms with Crippen LogP contribution in [-0.4, -0.2) is 67.1 Å². The minimum atomic E-state index is -4.40. The van der Waals surface area contributed by atoms with Crippen molar-refractivity contribution >= 4 is 68.8 Å². The molecule has 1 fully saturated rings. The van der Waals surface area contributed by atoms with Crippen LogP contribution in [0.3, 0.4) is 0 Å². The zero-order chi connectivity index (χ0) is 37.0. The Balaban J connectivity index is 0.00000497. The van der Waals surface area contributed by atoms with E-state index in [1.807, 2.05) is 72.9 Å². The summed E-state index contributed by atoms with van der Waals surface area (Å²) in [5.74, 6) is -0.151. The highest BCUT2D eigenvalue weighted by atomic mass is 35.5. The number of fused-ring (bicyclic) bond motifs is 3. The summed E-state index contributed by atoms with van der Waals surface area (Å²) in [4.78, 5) is 34.7. The maximum Gasteiger partial charge on any atom is 0.293 e. The second-order valence-corrected chi connectivity index (χ2v) is 16.2. The van der Waals surface area contributed by atoms with Crippen molar-refractivity contribution in [1.29, 1.82) is 0 Å². The summed E-state index contributed by atoms with van der Waals surface area (Å²) >= 11 is 7.71. The second kappa shape index (κ2) is 17.2. The molecule has 2 N–H and O–H groups in total. The van der Waals surface area contributed by atoms with E-state index in [0.29, 0.717) is 17.3 Å². The number of sulfonamides is 1.